The topological polar surface area (TPSA) is 96.0 Å². The number of H-pyrrole nitrogens is 1. The number of likely N-dealkylation sites (tertiary alicyclic amines) is 1. The maximum atomic E-state index is 12.7. The van der Waals surface area contributed by atoms with Gasteiger partial charge in [0.25, 0.3) is 5.19 Å². The zero-order valence-electron chi connectivity index (χ0n) is 13.1. The van der Waals surface area contributed by atoms with Crippen LogP contribution in [0.2, 0.25) is 0 Å². The number of ether oxygens (including phenoxy) is 1. The van der Waals surface area contributed by atoms with Gasteiger partial charge in [-0.05, 0) is 24.2 Å². The molecule has 1 atom stereocenters. The molecule has 0 aromatic carbocycles. The quantitative estimate of drug-likeness (QED) is 0.859. The first-order chi connectivity index (χ1) is 11.9. The number of aromatic amines is 1. The van der Waals surface area contributed by atoms with Gasteiger partial charge in [-0.15, -0.1) is 5.10 Å². The molecule has 12 heteroatoms. The average molecular weight is 376 g/mol. The van der Waals surface area contributed by atoms with Crippen molar-refractivity contribution in [1.82, 2.24) is 25.1 Å². The number of methoxy groups -OCH3 is 1. The summed E-state index contributed by atoms with van der Waals surface area (Å²) >= 11 is 1.08. The molecule has 3 rings (SSSR count). The predicted octanol–water partition coefficient (Wildman–Crippen LogP) is 2.70. The van der Waals surface area contributed by atoms with Crippen molar-refractivity contribution >= 4 is 22.5 Å². The largest absolute Gasteiger partial charge is 0.472 e. The van der Waals surface area contributed by atoms with Gasteiger partial charge in [0.05, 0.1) is 13.3 Å². The highest BCUT2D eigenvalue weighted by atomic mass is 32.1. The number of alkyl halides is 3. The molecule has 3 heterocycles. The van der Waals surface area contributed by atoms with Crippen molar-refractivity contribution < 1.29 is 22.7 Å². The normalized spacial score (nSPS) is 18.2. The molecule has 1 unspecified atom stereocenters. The Bertz CT molecular complexity index is 746. The molecule has 0 spiro atoms. The number of hydrogen-bond acceptors (Lipinski definition) is 6. The maximum Gasteiger partial charge on any atom is 0.432 e. The summed E-state index contributed by atoms with van der Waals surface area (Å²) in [7, 11) is 1.44. The molecular weight excluding hydrogens is 361 g/mol. The van der Waals surface area contributed by atoms with Gasteiger partial charge in [0.2, 0.25) is 5.13 Å². The van der Waals surface area contributed by atoms with Gasteiger partial charge in [-0.2, -0.15) is 13.2 Å². The number of rotatable bonds is 3. The van der Waals surface area contributed by atoms with Gasteiger partial charge < -0.3 is 14.6 Å². The molecule has 8 nitrogen and oxygen atoms in total. The van der Waals surface area contributed by atoms with Gasteiger partial charge in [0.15, 0.2) is 0 Å². The highest BCUT2D eigenvalue weighted by Crippen LogP contribution is 2.31. The van der Waals surface area contributed by atoms with Crippen molar-refractivity contribution in [1.29, 1.82) is 0 Å². The summed E-state index contributed by atoms with van der Waals surface area (Å²) in [5.41, 5.74) is -0.884. The molecule has 0 saturated carbocycles. The molecule has 1 saturated heterocycles. The number of halogens is 3. The van der Waals surface area contributed by atoms with Crippen LogP contribution < -0.4 is 10.1 Å². The van der Waals surface area contributed by atoms with Crippen LogP contribution in [0.15, 0.2) is 6.20 Å². The first-order valence-corrected chi connectivity index (χ1v) is 8.24. The second kappa shape index (κ2) is 6.86. The lowest BCUT2D eigenvalue weighted by molar-refractivity contribution is -0.141. The lowest BCUT2D eigenvalue weighted by Gasteiger charge is -2.31. The van der Waals surface area contributed by atoms with Crippen LogP contribution in [-0.2, 0) is 6.18 Å². The number of anilines is 1. The number of carbonyl (C=O) groups excluding carboxylic acids is 1. The van der Waals surface area contributed by atoms with Crippen molar-refractivity contribution in [2.75, 3.05) is 25.5 Å². The van der Waals surface area contributed by atoms with Gasteiger partial charge in [-0.3, -0.25) is 5.32 Å². The van der Waals surface area contributed by atoms with E-state index in [2.05, 4.69) is 25.5 Å². The van der Waals surface area contributed by atoms with Gasteiger partial charge in [0, 0.05) is 19.0 Å². The maximum absolute atomic E-state index is 12.7. The summed E-state index contributed by atoms with van der Waals surface area (Å²) in [6.07, 6.45) is -2.36. The smallest absolute Gasteiger partial charge is 0.432 e. The molecule has 1 aliphatic heterocycles. The minimum absolute atomic E-state index is 0.238. The van der Waals surface area contributed by atoms with E-state index in [0.29, 0.717) is 29.7 Å². The molecule has 1 aliphatic rings. The second-order valence-corrected chi connectivity index (χ2v) is 6.41. The predicted molar refractivity (Wildman–Crippen MR) is 82.6 cm³/mol. The summed E-state index contributed by atoms with van der Waals surface area (Å²) in [5.74, 6) is -0.0398. The molecule has 0 aliphatic carbocycles. The first kappa shape index (κ1) is 17.5. The summed E-state index contributed by atoms with van der Waals surface area (Å²) in [5, 5.41) is 10.7. The van der Waals surface area contributed by atoms with Gasteiger partial charge >= 0.3 is 12.2 Å². The van der Waals surface area contributed by atoms with Crippen LogP contribution in [0.5, 0.6) is 5.19 Å². The number of nitrogens with zero attached hydrogens (tertiary/aromatic N) is 4. The van der Waals surface area contributed by atoms with Crippen LogP contribution in [-0.4, -0.2) is 51.3 Å². The summed E-state index contributed by atoms with van der Waals surface area (Å²) in [4.78, 5) is 20.0. The van der Waals surface area contributed by atoms with Gasteiger partial charge in [0.1, 0.15) is 11.5 Å². The molecule has 0 radical (unpaired) electrons. The lowest BCUT2D eigenvalue weighted by Crippen LogP contribution is -2.41. The van der Waals surface area contributed by atoms with E-state index in [1.165, 1.54) is 12.0 Å². The number of imidazole rings is 1. The van der Waals surface area contributed by atoms with Crippen LogP contribution in [0.25, 0.3) is 0 Å². The zero-order chi connectivity index (χ0) is 18.0. The monoisotopic (exact) mass is 376 g/mol. The molecule has 0 bridgehead atoms. The molecule has 2 amide bonds. The molecule has 25 heavy (non-hydrogen) atoms. The van der Waals surface area contributed by atoms with Gasteiger partial charge in [-0.1, -0.05) is 5.10 Å². The molecule has 1 fully saturated rings. The van der Waals surface area contributed by atoms with E-state index >= 15 is 0 Å². The SMILES string of the molecule is COc1nnc(NC(=O)N2CCCC(c3ncc(C(F)(F)F)[nH]3)C2)s1. The fraction of sp³-hybridized carbons (Fsp3) is 0.538. The van der Waals surface area contributed by atoms with E-state index in [1.54, 1.807) is 0 Å². The third kappa shape index (κ3) is 4.00. The fourth-order valence-corrected chi connectivity index (χ4v) is 3.14. The highest BCUT2D eigenvalue weighted by Gasteiger charge is 2.35. The van der Waals surface area contributed by atoms with E-state index in [-0.39, 0.29) is 24.3 Å². The van der Waals surface area contributed by atoms with Crippen molar-refractivity contribution in [3.05, 3.63) is 17.7 Å². The Hall–Kier alpha value is -2.37. The molecule has 136 valence electrons. The second-order valence-electron chi connectivity index (χ2n) is 5.47. The number of piperidine rings is 1. The Labute approximate surface area is 144 Å². The third-order valence-corrected chi connectivity index (χ3v) is 4.59. The molecule has 2 N–H and O–H groups in total. The Kier molecular flexibility index (Phi) is 4.79. The van der Waals surface area contributed by atoms with Crippen LogP contribution in [0, 0.1) is 0 Å². The van der Waals surface area contributed by atoms with E-state index < -0.39 is 11.9 Å². The highest BCUT2D eigenvalue weighted by molar-refractivity contribution is 7.17. The number of hydrogen-bond donors (Lipinski definition) is 2. The minimum atomic E-state index is -4.46. The number of amides is 2. The Morgan fingerprint density at radius 1 is 1.48 bits per heavy atom. The van der Waals surface area contributed by atoms with E-state index in [0.717, 1.165) is 17.5 Å². The number of urea groups is 1. The standard InChI is InChI=1S/C13H15F3N6O2S/c1-24-12-21-20-10(25-12)19-11(23)22-4-2-3-7(6-22)9-17-5-8(18-9)13(14,15)16/h5,7H,2-4,6H2,1H3,(H,17,18)(H,19,20,23). The lowest BCUT2D eigenvalue weighted by atomic mass is 9.98. The number of carbonyl (C=O) groups is 1. The van der Waals surface area contributed by atoms with Crippen LogP contribution in [0.4, 0.5) is 23.1 Å². The van der Waals surface area contributed by atoms with E-state index in [1.807, 2.05) is 0 Å². The number of nitrogens with one attached hydrogen (secondary N) is 2. The summed E-state index contributed by atoms with van der Waals surface area (Å²) < 4.78 is 42.9. The van der Waals surface area contributed by atoms with Crippen molar-refractivity contribution in [3.63, 3.8) is 0 Å². The Balaban J connectivity index is 1.64. The summed E-state index contributed by atoms with van der Waals surface area (Å²) in [6, 6.07) is -0.383. The average Bonchev–Trinajstić information content (AvgIpc) is 3.24. The van der Waals surface area contributed by atoms with Crippen LogP contribution in [0.1, 0.15) is 30.3 Å². The molecule has 2 aromatic rings. The fourth-order valence-electron chi connectivity index (χ4n) is 2.59. The summed E-state index contributed by atoms with van der Waals surface area (Å²) in [6.45, 7) is 0.775. The van der Waals surface area contributed by atoms with Gasteiger partial charge in [-0.25, -0.2) is 9.78 Å². The van der Waals surface area contributed by atoms with Crippen molar-refractivity contribution in [2.24, 2.45) is 0 Å². The first-order valence-electron chi connectivity index (χ1n) is 7.42. The van der Waals surface area contributed by atoms with Crippen molar-refractivity contribution in [2.45, 2.75) is 24.9 Å². The molecular formula is C13H15F3N6O2S. The number of aromatic nitrogens is 4. The van der Waals surface area contributed by atoms with Crippen LogP contribution in [0.3, 0.4) is 0 Å². The zero-order valence-corrected chi connectivity index (χ0v) is 13.9. The van der Waals surface area contributed by atoms with Crippen molar-refractivity contribution in [3.8, 4) is 5.19 Å². The Morgan fingerprint density at radius 2 is 2.28 bits per heavy atom. The third-order valence-electron chi connectivity index (χ3n) is 3.79. The van der Waals surface area contributed by atoms with Crippen LogP contribution >= 0.6 is 11.3 Å². The van der Waals surface area contributed by atoms with E-state index in [4.69, 9.17) is 4.74 Å². The van der Waals surface area contributed by atoms with E-state index in [9.17, 15) is 18.0 Å². The molecule has 2 aromatic heterocycles. The minimum Gasteiger partial charge on any atom is -0.472 e. The Morgan fingerprint density at radius 3 is 2.92 bits per heavy atom.